The number of pyridine rings is 1. The fourth-order valence-electron chi connectivity index (χ4n) is 5.26. The van der Waals surface area contributed by atoms with Crippen LogP contribution >= 0.6 is 0 Å². The predicted octanol–water partition coefficient (Wildman–Crippen LogP) is 6.41. The van der Waals surface area contributed by atoms with Gasteiger partial charge in [0.05, 0.1) is 45.4 Å². The SMILES string of the molecule is CC1(C)CC(c2cc(-c3ccc(C#N)cc3)n(-c3cccc4cccnc34)n2)CC(C)(C)O1. The predicted molar refractivity (Wildman–Crippen MR) is 130 cm³/mol. The van der Waals surface area contributed by atoms with Gasteiger partial charge in [0.15, 0.2) is 0 Å². The summed E-state index contributed by atoms with van der Waals surface area (Å²) >= 11 is 0. The Morgan fingerprint density at radius 1 is 0.970 bits per heavy atom. The summed E-state index contributed by atoms with van der Waals surface area (Å²) in [5, 5.41) is 15.5. The first-order chi connectivity index (χ1) is 15.7. The number of rotatable bonds is 3. The molecule has 0 amide bonds. The molecule has 0 saturated carbocycles. The lowest BCUT2D eigenvalue weighted by molar-refractivity contribution is -0.162. The second kappa shape index (κ2) is 7.83. The van der Waals surface area contributed by atoms with Crippen LogP contribution in [-0.2, 0) is 4.74 Å². The van der Waals surface area contributed by atoms with Gasteiger partial charge >= 0.3 is 0 Å². The molecule has 0 spiro atoms. The first kappa shape index (κ1) is 21.4. The van der Waals surface area contributed by atoms with Crippen molar-refractivity contribution in [3.8, 4) is 23.0 Å². The summed E-state index contributed by atoms with van der Waals surface area (Å²) in [4.78, 5) is 4.66. The molecule has 0 unspecified atom stereocenters. The van der Waals surface area contributed by atoms with Crippen molar-refractivity contribution in [2.45, 2.75) is 57.7 Å². The van der Waals surface area contributed by atoms with Gasteiger partial charge in [-0.25, -0.2) is 4.68 Å². The van der Waals surface area contributed by atoms with E-state index < -0.39 is 0 Å². The molecule has 5 rings (SSSR count). The van der Waals surface area contributed by atoms with Crippen LogP contribution in [0.3, 0.4) is 0 Å². The summed E-state index contributed by atoms with van der Waals surface area (Å²) in [7, 11) is 0. The highest BCUT2D eigenvalue weighted by atomic mass is 16.5. The highest BCUT2D eigenvalue weighted by Crippen LogP contribution is 2.44. The van der Waals surface area contributed by atoms with Gasteiger partial charge in [0, 0.05) is 23.1 Å². The molecule has 1 aliphatic rings. The number of fused-ring (bicyclic) bond motifs is 1. The summed E-state index contributed by atoms with van der Waals surface area (Å²) in [6.07, 6.45) is 3.64. The Morgan fingerprint density at radius 3 is 2.36 bits per heavy atom. The third kappa shape index (κ3) is 4.15. The maximum Gasteiger partial charge on any atom is 0.0991 e. The molecule has 1 aliphatic heterocycles. The number of hydrogen-bond acceptors (Lipinski definition) is 4. The third-order valence-electron chi connectivity index (χ3n) is 6.32. The van der Waals surface area contributed by atoms with Crippen LogP contribution in [0.2, 0.25) is 0 Å². The van der Waals surface area contributed by atoms with Gasteiger partial charge < -0.3 is 4.74 Å². The Hall–Kier alpha value is -3.49. The molecule has 0 N–H and O–H groups in total. The molecule has 0 radical (unpaired) electrons. The van der Waals surface area contributed by atoms with Crippen molar-refractivity contribution in [3.63, 3.8) is 0 Å². The Labute approximate surface area is 194 Å². The largest absolute Gasteiger partial charge is 0.370 e. The van der Waals surface area contributed by atoms with Crippen molar-refractivity contribution in [2.24, 2.45) is 0 Å². The van der Waals surface area contributed by atoms with Crippen LogP contribution in [-0.4, -0.2) is 26.0 Å². The average Bonchev–Trinajstić information content (AvgIpc) is 3.22. The molecule has 33 heavy (non-hydrogen) atoms. The van der Waals surface area contributed by atoms with Crippen LogP contribution in [0.5, 0.6) is 0 Å². The topological polar surface area (TPSA) is 63.7 Å². The minimum atomic E-state index is -0.216. The average molecular weight is 437 g/mol. The molecule has 2 aromatic carbocycles. The molecule has 1 fully saturated rings. The standard InChI is InChI=1S/C28H28N4O/c1-27(2)16-22(17-28(3,4)33-27)23-15-25(20-12-10-19(18-29)11-13-20)32(31-23)24-9-5-7-21-8-6-14-30-26(21)24/h5-15,22H,16-17H2,1-4H3. The smallest absolute Gasteiger partial charge is 0.0991 e. The quantitative estimate of drug-likeness (QED) is 0.372. The van der Waals surface area contributed by atoms with Gasteiger partial charge in [-0.05, 0) is 70.9 Å². The molecule has 5 heteroatoms. The van der Waals surface area contributed by atoms with Crippen molar-refractivity contribution in [1.82, 2.24) is 14.8 Å². The van der Waals surface area contributed by atoms with Gasteiger partial charge in [-0.3, -0.25) is 4.98 Å². The molecule has 4 aromatic rings. The molecular formula is C28H28N4O. The highest BCUT2D eigenvalue weighted by molar-refractivity contribution is 5.87. The number of ether oxygens (including phenoxy) is 1. The van der Waals surface area contributed by atoms with E-state index in [-0.39, 0.29) is 17.1 Å². The molecule has 2 aromatic heterocycles. The lowest BCUT2D eigenvalue weighted by Crippen LogP contribution is -2.44. The van der Waals surface area contributed by atoms with Gasteiger partial charge in [-0.1, -0.05) is 30.3 Å². The Morgan fingerprint density at radius 2 is 1.67 bits per heavy atom. The molecule has 5 nitrogen and oxygen atoms in total. The van der Waals surface area contributed by atoms with Crippen LogP contribution in [0.25, 0.3) is 27.8 Å². The van der Waals surface area contributed by atoms with Crippen molar-refractivity contribution in [3.05, 3.63) is 78.1 Å². The Kier molecular flexibility index (Phi) is 5.07. The third-order valence-corrected chi connectivity index (χ3v) is 6.32. The van der Waals surface area contributed by atoms with Crippen LogP contribution in [0, 0.1) is 11.3 Å². The number of aromatic nitrogens is 3. The molecule has 0 atom stereocenters. The maximum absolute atomic E-state index is 9.23. The van der Waals surface area contributed by atoms with E-state index in [2.05, 4.69) is 63.0 Å². The van der Waals surface area contributed by atoms with E-state index >= 15 is 0 Å². The van der Waals surface area contributed by atoms with Gasteiger partial charge in [-0.2, -0.15) is 10.4 Å². The number of nitrogens with zero attached hydrogens (tertiary/aromatic N) is 4. The number of benzene rings is 2. The van der Waals surface area contributed by atoms with Gasteiger partial charge in [0.1, 0.15) is 0 Å². The zero-order valence-electron chi connectivity index (χ0n) is 19.5. The summed E-state index contributed by atoms with van der Waals surface area (Å²) in [6, 6.07) is 22.3. The highest BCUT2D eigenvalue weighted by Gasteiger charge is 2.41. The number of hydrogen-bond donors (Lipinski definition) is 0. The first-order valence-corrected chi connectivity index (χ1v) is 11.4. The van der Waals surface area contributed by atoms with E-state index in [0.29, 0.717) is 5.56 Å². The van der Waals surface area contributed by atoms with E-state index in [1.54, 1.807) is 0 Å². The van der Waals surface area contributed by atoms with E-state index in [4.69, 9.17) is 9.84 Å². The van der Waals surface area contributed by atoms with E-state index in [1.165, 1.54) is 0 Å². The van der Waals surface area contributed by atoms with Crippen LogP contribution in [0.15, 0.2) is 66.9 Å². The summed E-state index contributed by atoms with van der Waals surface area (Å²) in [5.41, 5.74) is 5.15. The van der Waals surface area contributed by atoms with Crippen LogP contribution in [0.1, 0.15) is 57.7 Å². The maximum atomic E-state index is 9.23. The van der Waals surface area contributed by atoms with E-state index in [9.17, 15) is 5.26 Å². The van der Waals surface area contributed by atoms with Gasteiger partial charge in [-0.15, -0.1) is 0 Å². The van der Waals surface area contributed by atoms with E-state index in [0.717, 1.165) is 46.4 Å². The molecular weight excluding hydrogens is 408 g/mol. The summed E-state index contributed by atoms with van der Waals surface area (Å²) in [5.74, 6) is 0.282. The van der Waals surface area contributed by atoms with Crippen LogP contribution < -0.4 is 0 Å². The molecule has 0 bridgehead atoms. The lowest BCUT2D eigenvalue weighted by atomic mass is 9.79. The Bertz CT molecular complexity index is 1340. The van der Waals surface area contributed by atoms with Crippen molar-refractivity contribution < 1.29 is 4.74 Å². The van der Waals surface area contributed by atoms with Gasteiger partial charge in [0.2, 0.25) is 0 Å². The van der Waals surface area contributed by atoms with Crippen molar-refractivity contribution in [2.75, 3.05) is 0 Å². The molecule has 3 heterocycles. The second-order valence-electron chi connectivity index (χ2n) is 10.1. The fourth-order valence-corrected chi connectivity index (χ4v) is 5.26. The van der Waals surface area contributed by atoms with Crippen LogP contribution in [0.4, 0.5) is 0 Å². The minimum Gasteiger partial charge on any atom is -0.370 e. The summed E-state index contributed by atoms with van der Waals surface area (Å²) < 4.78 is 8.34. The number of para-hydroxylation sites is 1. The molecule has 1 saturated heterocycles. The lowest BCUT2D eigenvalue weighted by Gasteiger charge is -2.45. The molecule has 166 valence electrons. The van der Waals surface area contributed by atoms with Crippen molar-refractivity contribution >= 4 is 10.9 Å². The zero-order valence-corrected chi connectivity index (χ0v) is 19.5. The zero-order chi connectivity index (χ0) is 23.2. The normalized spacial score (nSPS) is 17.7. The first-order valence-electron chi connectivity index (χ1n) is 11.4. The fraction of sp³-hybridized carbons (Fsp3) is 0.321. The van der Waals surface area contributed by atoms with E-state index in [1.807, 2.05) is 47.3 Å². The Balaban J connectivity index is 1.69. The van der Waals surface area contributed by atoms with Gasteiger partial charge in [0.25, 0.3) is 0 Å². The number of nitriles is 1. The molecule has 0 aliphatic carbocycles. The minimum absolute atomic E-state index is 0.216. The monoisotopic (exact) mass is 436 g/mol. The summed E-state index contributed by atoms with van der Waals surface area (Å²) in [6.45, 7) is 8.64. The van der Waals surface area contributed by atoms with Crippen molar-refractivity contribution in [1.29, 1.82) is 5.26 Å². The second-order valence-corrected chi connectivity index (χ2v) is 10.1.